The number of para-hydroxylation sites is 1. The van der Waals surface area contributed by atoms with Gasteiger partial charge in [-0.05, 0) is 30.2 Å². The first-order valence-electron chi connectivity index (χ1n) is 6.97. The second-order valence-corrected chi connectivity index (χ2v) is 5.20. The number of halogens is 2. The number of fused-ring (bicyclic) bond motifs is 1. The number of carbonyl (C=O) groups is 1. The van der Waals surface area contributed by atoms with Crippen LogP contribution >= 0.6 is 0 Å². The topological polar surface area (TPSA) is 20.3 Å². The maximum atomic E-state index is 13.8. The van der Waals surface area contributed by atoms with Gasteiger partial charge in [-0.2, -0.15) is 0 Å². The van der Waals surface area contributed by atoms with E-state index in [9.17, 15) is 13.6 Å². The minimum atomic E-state index is -0.822. The number of nitrogens with zero attached hydrogens (tertiary/aromatic N) is 1. The molecule has 2 aromatic rings. The zero-order valence-electron chi connectivity index (χ0n) is 11.6. The van der Waals surface area contributed by atoms with Crippen LogP contribution in [0.1, 0.15) is 35.2 Å². The molecule has 0 saturated heterocycles. The minimum absolute atomic E-state index is 0.0945. The molecule has 3 rings (SSSR count). The molecule has 4 heteroatoms. The van der Waals surface area contributed by atoms with Crippen LogP contribution in [0.2, 0.25) is 0 Å². The van der Waals surface area contributed by atoms with Crippen LogP contribution in [0.5, 0.6) is 0 Å². The Kier molecular flexibility index (Phi) is 3.45. The largest absolute Gasteiger partial charge is 0.307 e. The van der Waals surface area contributed by atoms with Crippen molar-refractivity contribution in [1.82, 2.24) is 0 Å². The molecule has 0 aromatic heterocycles. The van der Waals surface area contributed by atoms with Gasteiger partial charge in [0, 0.05) is 24.2 Å². The van der Waals surface area contributed by atoms with Gasteiger partial charge in [-0.15, -0.1) is 0 Å². The van der Waals surface area contributed by atoms with Gasteiger partial charge in [-0.3, -0.25) is 4.79 Å². The molecular formula is C17H15F2NO. The van der Waals surface area contributed by atoms with Gasteiger partial charge in [-0.25, -0.2) is 8.78 Å². The van der Waals surface area contributed by atoms with Crippen LogP contribution in [0.3, 0.4) is 0 Å². The highest BCUT2D eigenvalue weighted by Gasteiger charge is 2.32. The lowest BCUT2D eigenvalue weighted by molar-refractivity contribution is 0.0984. The van der Waals surface area contributed by atoms with Gasteiger partial charge in [0.05, 0.1) is 5.56 Å². The van der Waals surface area contributed by atoms with E-state index < -0.39 is 17.5 Å². The zero-order valence-corrected chi connectivity index (χ0v) is 11.6. The fourth-order valence-electron chi connectivity index (χ4n) is 2.85. The molecule has 0 radical (unpaired) electrons. The molecule has 108 valence electrons. The fourth-order valence-corrected chi connectivity index (χ4v) is 2.85. The summed E-state index contributed by atoms with van der Waals surface area (Å²) in [5, 5.41) is 0. The van der Waals surface area contributed by atoms with Crippen molar-refractivity contribution >= 4 is 11.6 Å². The van der Waals surface area contributed by atoms with Crippen LogP contribution in [-0.2, 0) is 0 Å². The van der Waals surface area contributed by atoms with Crippen molar-refractivity contribution in [2.45, 2.75) is 19.3 Å². The third-order valence-corrected chi connectivity index (χ3v) is 3.97. The molecule has 2 nitrogen and oxygen atoms in total. The van der Waals surface area contributed by atoms with E-state index in [1.807, 2.05) is 24.3 Å². The second kappa shape index (κ2) is 5.28. The van der Waals surface area contributed by atoms with Gasteiger partial charge in [0.25, 0.3) is 5.91 Å². The second-order valence-electron chi connectivity index (χ2n) is 5.20. The molecule has 1 unspecified atom stereocenters. The van der Waals surface area contributed by atoms with E-state index in [0.717, 1.165) is 29.8 Å². The molecule has 1 aliphatic heterocycles. The number of hydrogen-bond acceptors (Lipinski definition) is 1. The summed E-state index contributed by atoms with van der Waals surface area (Å²) in [5.41, 5.74) is 1.83. The Labute approximate surface area is 122 Å². The number of amides is 1. The first-order valence-corrected chi connectivity index (χ1v) is 6.97. The van der Waals surface area contributed by atoms with Crippen LogP contribution in [-0.4, -0.2) is 12.5 Å². The lowest BCUT2D eigenvalue weighted by Crippen LogP contribution is -2.30. The third kappa shape index (κ3) is 2.31. The monoisotopic (exact) mass is 287 g/mol. The molecule has 0 aliphatic carbocycles. The standard InChI is InChI=1S/C17H15F2NO/c1-2-11-10-20(16-6-4-3-5-13(11)16)17(21)14-8-7-12(18)9-15(14)19/h3-9,11H,2,10H2,1H3. The zero-order chi connectivity index (χ0) is 15.0. The van der Waals surface area contributed by atoms with E-state index in [2.05, 4.69) is 6.92 Å². The Morgan fingerprint density at radius 3 is 2.71 bits per heavy atom. The highest BCUT2D eigenvalue weighted by atomic mass is 19.1. The van der Waals surface area contributed by atoms with Crippen molar-refractivity contribution in [3.63, 3.8) is 0 Å². The number of carbonyl (C=O) groups excluding carboxylic acids is 1. The molecule has 1 aliphatic rings. The molecular weight excluding hydrogens is 272 g/mol. The van der Waals surface area contributed by atoms with Crippen LogP contribution in [0, 0.1) is 11.6 Å². The van der Waals surface area contributed by atoms with E-state index in [-0.39, 0.29) is 11.5 Å². The number of anilines is 1. The Bertz CT molecular complexity index is 699. The Morgan fingerprint density at radius 1 is 1.24 bits per heavy atom. The number of hydrogen-bond donors (Lipinski definition) is 0. The summed E-state index contributed by atoms with van der Waals surface area (Å²) in [6.45, 7) is 2.60. The average molecular weight is 287 g/mol. The molecule has 1 heterocycles. The van der Waals surface area contributed by atoms with Crippen molar-refractivity contribution in [2.24, 2.45) is 0 Å². The predicted octanol–water partition coefficient (Wildman–Crippen LogP) is 4.12. The Hall–Kier alpha value is -2.23. The van der Waals surface area contributed by atoms with Crippen LogP contribution in [0.4, 0.5) is 14.5 Å². The summed E-state index contributed by atoms with van der Waals surface area (Å²) in [4.78, 5) is 14.1. The van der Waals surface area contributed by atoms with E-state index in [1.54, 1.807) is 4.90 Å². The molecule has 2 aromatic carbocycles. The summed E-state index contributed by atoms with van der Waals surface area (Å²) in [7, 11) is 0. The molecule has 1 amide bonds. The molecule has 0 saturated carbocycles. The highest BCUT2D eigenvalue weighted by molar-refractivity contribution is 6.07. The van der Waals surface area contributed by atoms with Crippen molar-refractivity contribution < 1.29 is 13.6 Å². The minimum Gasteiger partial charge on any atom is -0.307 e. The predicted molar refractivity (Wildman–Crippen MR) is 77.5 cm³/mol. The lowest BCUT2D eigenvalue weighted by atomic mass is 9.99. The first kappa shape index (κ1) is 13.7. The van der Waals surface area contributed by atoms with E-state index >= 15 is 0 Å². The van der Waals surface area contributed by atoms with Crippen molar-refractivity contribution in [3.05, 3.63) is 65.2 Å². The van der Waals surface area contributed by atoms with Crippen LogP contribution in [0.25, 0.3) is 0 Å². The van der Waals surface area contributed by atoms with Crippen LogP contribution < -0.4 is 4.90 Å². The smallest absolute Gasteiger partial charge is 0.261 e. The van der Waals surface area contributed by atoms with E-state index in [1.165, 1.54) is 6.07 Å². The summed E-state index contributed by atoms with van der Waals surface area (Å²) < 4.78 is 26.8. The van der Waals surface area contributed by atoms with Gasteiger partial charge in [0.2, 0.25) is 0 Å². The van der Waals surface area contributed by atoms with Gasteiger partial charge in [0.1, 0.15) is 11.6 Å². The van der Waals surface area contributed by atoms with Gasteiger partial charge >= 0.3 is 0 Å². The molecule has 0 fully saturated rings. The molecule has 0 N–H and O–H groups in total. The normalized spacial score (nSPS) is 16.9. The highest BCUT2D eigenvalue weighted by Crippen LogP contribution is 2.38. The van der Waals surface area contributed by atoms with Crippen molar-refractivity contribution in [2.75, 3.05) is 11.4 Å². The Balaban J connectivity index is 2.00. The molecule has 0 spiro atoms. The number of rotatable bonds is 2. The number of benzene rings is 2. The lowest BCUT2D eigenvalue weighted by Gasteiger charge is -2.18. The fraction of sp³-hybridized carbons (Fsp3) is 0.235. The summed E-state index contributed by atoms with van der Waals surface area (Å²) in [6.07, 6.45) is 0.909. The summed E-state index contributed by atoms with van der Waals surface area (Å²) in [6, 6.07) is 10.7. The third-order valence-electron chi connectivity index (χ3n) is 3.97. The molecule has 0 bridgehead atoms. The average Bonchev–Trinajstić information content (AvgIpc) is 2.85. The van der Waals surface area contributed by atoms with Gasteiger partial charge in [-0.1, -0.05) is 25.1 Å². The SMILES string of the molecule is CCC1CN(C(=O)c2ccc(F)cc2F)c2ccccc21. The van der Waals surface area contributed by atoms with Gasteiger partial charge in [0.15, 0.2) is 0 Å². The maximum Gasteiger partial charge on any atom is 0.261 e. The maximum absolute atomic E-state index is 13.8. The summed E-state index contributed by atoms with van der Waals surface area (Å²) in [5.74, 6) is -1.67. The Morgan fingerprint density at radius 2 is 2.00 bits per heavy atom. The van der Waals surface area contributed by atoms with Crippen molar-refractivity contribution in [1.29, 1.82) is 0 Å². The first-order chi connectivity index (χ1) is 10.1. The molecule has 1 atom stereocenters. The van der Waals surface area contributed by atoms with E-state index in [0.29, 0.717) is 6.54 Å². The molecule has 21 heavy (non-hydrogen) atoms. The van der Waals surface area contributed by atoms with Crippen LogP contribution in [0.15, 0.2) is 42.5 Å². The van der Waals surface area contributed by atoms with Crippen molar-refractivity contribution in [3.8, 4) is 0 Å². The summed E-state index contributed by atoms with van der Waals surface area (Å²) >= 11 is 0. The van der Waals surface area contributed by atoms with E-state index in [4.69, 9.17) is 0 Å². The van der Waals surface area contributed by atoms with Gasteiger partial charge < -0.3 is 4.90 Å². The quantitative estimate of drug-likeness (QED) is 0.813.